The van der Waals surface area contributed by atoms with Crippen LogP contribution in [0.5, 0.6) is 0 Å². The standard InChI is InChI=1S/C24H32ClN3/c1-28(24-22-14-16-26-15-13-19(22)8-12-23(24)25)21-11-10-20(27-17-21)9-7-18-5-3-2-4-6-18/h8,10-12,17-18,26H,2-7,9,13-16H2,1H3. The van der Waals surface area contributed by atoms with Crippen LogP contribution in [0.15, 0.2) is 30.5 Å². The van der Waals surface area contributed by atoms with Crippen LogP contribution < -0.4 is 10.2 Å². The van der Waals surface area contributed by atoms with E-state index in [4.69, 9.17) is 16.6 Å². The van der Waals surface area contributed by atoms with Crippen molar-refractivity contribution in [2.24, 2.45) is 5.92 Å². The van der Waals surface area contributed by atoms with Crippen molar-refractivity contribution in [2.75, 3.05) is 25.0 Å². The van der Waals surface area contributed by atoms with Crippen LogP contribution in [0.1, 0.15) is 55.3 Å². The minimum Gasteiger partial charge on any atom is -0.342 e. The van der Waals surface area contributed by atoms with E-state index in [2.05, 4.69) is 35.5 Å². The third kappa shape index (κ3) is 4.52. The third-order valence-corrected chi connectivity index (χ3v) is 6.82. The summed E-state index contributed by atoms with van der Waals surface area (Å²) in [6.45, 7) is 2.04. The van der Waals surface area contributed by atoms with E-state index < -0.39 is 0 Å². The average molecular weight is 398 g/mol. The first-order chi connectivity index (χ1) is 13.7. The van der Waals surface area contributed by atoms with Crippen molar-refractivity contribution in [3.63, 3.8) is 0 Å². The molecule has 3 nitrogen and oxygen atoms in total. The topological polar surface area (TPSA) is 28.2 Å². The number of aryl methyl sites for hydroxylation is 1. The first-order valence-corrected chi connectivity index (χ1v) is 11.3. The van der Waals surface area contributed by atoms with Crippen molar-refractivity contribution >= 4 is 23.0 Å². The third-order valence-electron chi connectivity index (χ3n) is 6.52. The Kier molecular flexibility index (Phi) is 6.54. The second-order valence-electron chi connectivity index (χ2n) is 8.39. The van der Waals surface area contributed by atoms with Crippen LogP contribution in [-0.2, 0) is 19.3 Å². The maximum absolute atomic E-state index is 6.64. The Labute approximate surface area is 174 Å². The molecule has 0 saturated heterocycles. The van der Waals surface area contributed by atoms with E-state index in [1.165, 1.54) is 55.3 Å². The lowest BCUT2D eigenvalue weighted by Gasteiger charge is -2.25. The molecular formula is C24H32ClN3. The number of pyridine rings is 1. The zero-order valence-electron chi connectivity index (χ0n) is 17.0. The first kappa shape index (κ1) is 19.7. The number of benzene rings is 1. The van der Waals surface area contributed by atoms with Gasteiger partial charge >= 0.3 is 0 Å². The Bertz CT molecular complexity index is 781. The van der Waals surface area contributed by atoms with Crippen LogP contribution in [0.25, 0.3) is 0 Å². The number of hydrogen-bond acceptors (Lipinski definition) is 3. The number of rotatable bonds is 5. The van der Waals surface area contributed by atoms with Gasteiger partial charge in [0.25, 0.3) is 0 Å². The molecule has 1 aromatic heterocycles. The fourth-order valence-electron chi connectivity index (χ4n) is 4.81. The Morgan fingerprint density at radius 3 is 2.68 bits per heavy atom. The SMILES string of the molecule is CN(c1ccc(CCC2CCCCC2)nc1)c1c(Cl)ccc2c1CCNCC2. The number of hydrogen-bond donors (Lipinski definition) is 1. The number of fused-ring (bicyclic) bond motifs is 1. The number of nitrogens with one attached hydrogen (secondary N) is 1. The summed E-state index contributed by atoms with van der Waals surface area (Å²) in [6, 6.07) is 8.64. The van der Waals surface area contributed by atoms with E-state index in [-0.39, 0.29) is 0 Å². The first-order valence-electron chi connectivity index (χ1n) is 10.9. The van der Waals surface area contributed by atoms with Gasteiger partial charge in [0.15, 0.2) is 0 Å². The molecule has 2 aromatic rings. The molecule has 1 saturated carbocycles. The lowest BCUT2D eigenvalue weighted by atomic mass is 9.86. The normalized spacial score (nSPS) is 17.8. The number of nitrogens with zero attached hydrogens (tertiary/aromatic N) is 2. The highest BCUT2D eigenvalue weighted by Crippen LogP contribution is 2.37. The number of halogens is 1. The quantitative estimate of drug-likeness (QED) is 0.700. The van der Waals surface area contributed by atoms with Gasteiger partial charge in [-0.1, -0.05) is 49.8 Å². The van der Waals surface area contributed by atoms with E-state index in [1.807, 2.05) is 12.3 Å². The molecule has 2 aliphatic rings. The van der Waals surface area contributed by atoms with E-state index >= 15 is 0 Å². The summed E-state index contributed by atoms with van der Waals surface area (Å²) < 4.78 is 0. The molecule has 0 amide bonds. The van der Waals surface area contributed by atoms with Gasteiger partial charge in [0.2, 0.25) is 0 Å². The highest BCUT2D eigenvalue weighted by Gasteiger charge is 2.19. The molecule has 150 valence electrons. The predicted molar refractivity (Wildman–Crippen MR) is 119 cm³/mol. The second-order valence-corrected chi connectivity index (χ2v) is 8.80. The van der Waals surface area contributed by atoms with E-state index in [0.29, 0.717) is 0 Å². The van der Waals surface area contributed by atoms with Crippen LogP contribution in [0, 0.1) is 5.92 Å². The maximum Gasteiger partial charge on any atom is 0.0646 e. The molecule has 0 atom stereocenters. The van der Waals surface area contributed by atoms with Crippen molar-refractivity contribution in [1.82, 2.24) is 10.3 Å². The summed E-state index contributed by atoms with van der Waals surface area (Å²) in [5.41, 5.74) is 6.24. The highest BCUT2D eigenvalue weighted by atomic mass is 35.5. The van der Waals surface area contributed by atoms with E-state index in [0.717, 1.165) is 54.7 Å². The lowest BCUT2D eigenvalue weighted by Crippen LogP contribution is -2.17. The fraction of sp³-hybridized carbons (Fsp3) is 0.542. The minimum atomic E-state index is 0.824. The van der Waals surface area contributed by atoms with Crippen molar-refractivity contribution in [3.8, 4) is 0 Å². The van der Waals surface area contributed by atoms with Crippen molar-refractivity contribution in [2.45, 2.75) is 57.8 Å². The molecule has 28 heavy (non-hydrogen) atoms. The largest absolute Gasteiger partial charge is 0.342 e. The van der Waals surface area contributed by atoms with Crippen molar-refractivity contribution in [3.05, 3.63) is 52.3 Å². The Balaban J connectivity index is 1.48. The van der Waals surface area contributed by atoms with Gasteiger partial charge in [-0.15, -0.1) is 0 Å². The Morgan fingerprint density at radius 1 is 1.07 bits per heavy atom. The summed E-state index contributed by atoms with van der Waals surface area (Å²) in [5, 5.41) is 4.32. The summed E-state index contributed by atoms with van der Waals surface area (Å²) in [4.78, 5) is 6.99. The van der Waals surface area contributed by atoms with Gasteiger partial charge in [-0.3, -0.25) is 4.98 Å². The number of anilines is 2. The molecule has 1 aliphatic carbocycles. The molecule has 4 heteroatoms. The number of aromatic nitrogens is 1. The highest BCUT2D eigenvalue weighted by molar-refractivity contribution is 6.33. The molecule has 1 fully saturated rings. The van der Waals surface area contributed by atoms with Crippen molar-refractivity contribution in [1.29, 1.82) is 0 Å². The molecule has 2 heterocycles. The molecular weight excluding hydrogens is 366 g/mol. The van der Waals surface area contributed by atoms with E-state index in [1.54, 1.807) is 0 Å². The molecule has 1 aromatic carbocycles. The summed E-state index contributed by atoms with van der Waals surface area (Å²) in [7, 11) is 2.11. The van der Waals surface area contributed by atoms with Crippen molar-refractivity contribution < 1.29 is 0 Å². The summed E-state index contributed by atoms with van der Waals surface area (Å²) in [6.07, 6.45) is 13.6. The molecule has 0 spiro atoms. The van der Waals surface area contributed by atoms with Crippen LogP contribution in [0.4, 0.5) is 11.4 Å². The average Bonchev–Trinajstić information content (AvgIpc) is 2.98. The fourth-order valence-corrected chi connectivity index (χ4v) is 5.11. The van der Waals surface area contributed by atoms with Gasteiger partial charge in [0.05, 0.1) is 22.6 Å². The van der Waals surface area contributed by atoms with Crippen LogP contribution in [0.2, 0.25) is 5.02 Å². The molecule has 4 rings (SSSR count). The van der Waals surface area contributed by atoms with Gasteiger partial charge in [-0.05, 0) is 74.0 Å². The maximum atomic E-state index is 6.64. The molecule has 1 N–H and O–H groups in total. The Morgan fingerprint density at radius 2 is 1.89 bits per heavy atom. The van der Waals surface area contributed by atoms with E-state index in [9.17, 15) is 0 Å². The second kappa shape index (κ2) is 9.28. The summed E-state index contributed by atoms with van der Waals surface area (Å²) >= 11 is 6.64. The summed E-state index contributed by atoms with van der Waals surface area (Å²) in [5.74, 6) is 0.907. The predicted octanol–water partition coefficient (Wildman–Crippen LogP) is 5.70. The molecule has 0 bridgehead atoms. The van der Waals surface area contributed by atoms with Crippen LogP contribution in [0.3, 0.4) is 0 Å². The zero-order valence-corrected chi connectivity index (χ0v) is 17.8. The lowest BCUT2D eigenvalue weighted by molar-refractivity contribution is 0.338. The van der Waals surface area contributed by atoms with Crippen LogP contribution in [-0.4, -0.2) is 25.1 Å². The Hall–Kier alpha value is -1.58. The molecule has 1 aliphatic heterocycles. The smallest absolute Gasteiger partial charge is 0.0646 e. The van der Waals surface area contributed by atoms with Gasteiger partial charge in [0, 0.05) is 12.7 Å². The monoisotopic (exact) mass is 397 g/mol. The molecule has 0 radical (unpaired) electrons. The van der Waals surface area contributed by atoms with Gasteiger partial charge in [0.1, 0.15) is 0 Å². The minimum absolute atomic E-state index is 0.824. The van der Waals surface area contributed by atoms with Gasteiger partial charge in [-0.2, -0.15) is 0 Å². The van der Waals surface area contributed by atoms with Gasteiger partial charge < -0.3 is 10.2 Å². The zero-order chi connectivity index (χ0) is 19.3. The molecule has 0 unspecified atom stereocenters. The van der Waals surface area contributed by atoms with Crippen LogP contribution >= 0.6 is 11.6 Å². The van der Waals surface area contributed by atoms with Gasteiger partial charge in [-0.25, -0.2) is 0 Å².